The predicted molar refractivity (Wildman–Crippen MR) is 84.9 cm³/mol. The van der Waals surface area contributed by atoms with Crippen LogP contribution in [0, 0.1) is 6.92 Å². The SMILES string of the molecule is Cc1ccc(OCC(=O)Nc2ccc(OCC(=O)O)cc2)cc1. The topological polar surface area (TPSA) is 84.9 Å². The highest BCUT2D eigenvalue weighted by Crippen LogP contribution is 2.16. The fourth-order valence-corrected chi connectivity index (χ4v) is 1.76. The molecule has 2 aromatic carbocycles. The lowest BCUT2D eigenvalue weighted by molar-refractivity contribution is -0.139. The monoisotopic (exact) mass is 315 g/mol. The Kier molecular flexibility index (Phi) is 5.57. The number of nitrogens with one attached hydrogen (secondary N) is 1. The lowest BCUT2D eigenvalue weighted by Crippen LogP contribution is -2.20. The molecule has 23 heavy (non-hydrogen) atoms. The number of carbonyl (C=O) groups is 2. The molecule has 0 bridgehead atoms. The normalized spacial score (nSPS) is 9.96. The van der Waals surface area contributed by atoms with Crippen LogP contribution in [0.2, 0.25) is 0 Å². The van der Waals surface area contributed by atoms with Gasteiger partial charge in [-0.3, -0.25) is 4.79 Å². The van der Waals surface area contributed by atoms with E-state index in [4.69, 9.17) is 14.6 Å². The van der Waals surface area contributed by atoms with Gasteiger partial charge in [0, 0.05) is 5.69 Å². The summed E-state index contributed by atoms with van der Waals surface area (Å²) in [6.45, 7) is 1.47. The minimum atomic E-state index is -1.05. The Labute approximate surface area is 133 Å². The molecule has 0 fully saturated rings. The van der Waals surface area contributed by atoms with Crippen molar-refractivity contribution in [2.24, 2.45) is 0 Å². The number of anilines is 1. The molecule has 0 radical (unpaired) electrons. The average Bonchev–Trinajstić information content (AvgIpc) is 2.53. The van der Waals surface area contributed by atoms with Gasteiger partial charge in [0.1, 0.15) is 11.5 Å². The number of rotatable bonds is 7. The Balaban J connectivity index is 1.80. The fourth-order valence-electron chi connectivity index (χ4n) is 1.76. The van der Waals surface area contributed by atoms with Crippen LogP contribution in [-0.2, 0) is 9.59 Å². The maximum atomic E-state index is 11.8. The second-order valence-electron chi connectivity index (χ2n) is 4.86. The van der Waals surface area contributed by atoms with Crippen molar-refractivity contribution in [2.45, 2.75) is 6.92 Å². The van der Waals surface area contributed by atoms with Gasteiger partial charge in [0.15, 0.2) is 13.2 Å². The van der Waals surface area contributed by atoms with Crippen LogP contribution in [0.25, 0.3) is 0 Å². The number of benzene rings is 2. The van der Waals surface area contributed by atoms with Crippen molar-refractivity contribution in [1.82, 2.24) is 0 Å². The van der Waals surface area contributed by atoms with E-state index in [1.807, 2.05) is 19.1 Å². The molecule has 0 unspecified atom stereocenters. The van der Waals surface area contributed by atoms with Gasteiger partial charge in [-0.05, 0) is 43.3 Å². The van der Waals surface area contributed by atoms with E-state index < -0.39 is 12.6 Å². The molecular formula is C17H17NO5. The van der Waals surface area contributed by atoms with Crippen LogP contribution in [0.15, 0.2) is 48.5 Å². The highest BCUT2D eigenvalue weighted by Gasteiger charge is 2.05. The number of carboxylic acids is 1. The lowest BCUT2D eigenvalue weighted by Gasteiger charge is -2.08. The minimum Gasteiger partial charge on any atom is -0.484 e. The zero-order chi connectivity index (χ0) is 16.7. The van der Waals surface area contributed by atoms with Gasteiger partial charge in [-0.1, -0.05) is 17.7 Å². The van der Waals surface area contributed by atoms with Gasteiger partial charge in [-0.25, -0.2) is 4.79 Å². The van der Waals surface area contributed by atoms with E-state index in [0.29, 0.717) is 17.2 Å². The van der Waals surface area contributed by atoms with Crippen LogP contribution in [0.4, 0.5) is 5.69 Å². The average molecular weight is 315 g/mol. The van der Waals surface area contributed by atoms with E-state index in [-0.39, 0.29) is 12.5 Å². The molecule has 120 valence electrons. The first-order valence-corrected chi connectivity index (χ1v) is 6.97. The standard InChI is InChI=1S/C17H17NO5/c1-12-2-6-14(7-3-12)22-10-16(19)18-13-4-8-15(9-5-13)23-11-17(20)21/h2-9H,10-11H2,1H3,(H,18,19)(H,20,21). The summed E-state index contributed by atoms with van der Waals surface area (Å²) >= 11 is 0. The van der Waals surface area contributed by atoms with Crippen molar-refractivity contribution in [3.8, 4) is 11.5 Å². The molecule has 0 heterocycles. The van der Waals surface area contributed by atoms with Gasteiger partial charge in [0.05, 0.1) is 0 Å². The Morgan fingerprint density at radius 3 is 2.00 bits per heavy atom. The van der Waals surface area contributed by atoms with Gasteiger partial charge in [0.25, 0.3) is 5.91 Å². The highest BCUT2D eigenvalue weighted by atomic mass is 16.5. The first-order valence-electron chi connectivity index (χ1n) is 6.97. The maximum absolute atomic E-state index is 11.8. The number of carboxylic acid groups (broad SMARTS) is 1. The first-order chi connectivity index (χ1) is 11.0. The van der Waals surface area contributed by atoms with Crippen molar-refractivity contribution in [3.63, 3.8) is 0 Å². The number of hydrogen-bond donors (Lipinski definition) is 2. The van der Waals surface area contributed by atoms with Gasteiger partial charge < -0.3 is 19.9 Å². The van der Waals surface area contributed by atoms with Crippen LogP contribution in [-0.4, -0.2) is 30.2 Å². The molecule has 2 rings (SSSR count). The summed E-state index contributed by atoms with van der Waals surface area (Å²) in [6, 6.07) is 13.8. The van der Waals surface area contributed by atoms with Crippen molar-refractivity contribution in [2.75, 3.05) is 18.5 Å². The van der Waals surface area contributed by atoms with Crippen LogP contribution in [0.1, 0.15) is 5.56 Å². The van der Waals surface area contributed by atoms with Crippen LogP contribution < -0.4 is 14.8 Å². The number of amides is 1. The number of carbonyl (C=O) groups excluding carboxylic acids is 1. The summed E-state index contributed by atoms with van der Waals surface area (Å²) < 4.78 is 10.4. The zero-order valence-electron chi connectivity index (χ0n) is 12.6. The van der Waals surface area contributed by atoms with Crippen LogP contribution in [0.5, 0.6) is 11.5 Å². The second kappa shape index (κ2) is 7.84. The highest BCUT2D eigenvalue weighted by molar-refractivity contribution is 5.91. The van der Waals surface area contributed by atoms with E-state index in [2.05, 4.69) is 5.32 Å². The summed E-state index contributed by atoms with van der Waals surface area (Å²) in [5.74, 6) is -0.287. The molecule has 0 aliphatic rings. The third-order valence-corrected chi connectivity index (χ3v) is 2.89. The molecule has 0 saturated carbocycles. The van der Waals surface area contributed by atoms with E-state index in [0.717, 1.165) is 5.56 Å². The molecule has 6 nitrogen and oxygen atoms in total. The van der Waals surface area contributed by atoms with Crippen molar-refractivity contribution in [3.05, 3.63) is 54.1 Å². The van der Waals surface area contributed by atoms with Crippen molar-refractivity contribution < 1.29 is 24.2 Å². The largest absolute Gasteiger partial charge is 0.484 e. The molecule has 6 heteroatoms. The fraction of sp³-hybridized carbons (Fsp3) is 0.176. The molecule has 0 aliphatic carbocycles. The van der Waals surface area contributed by atoms with Gasteiger partial charge in [-0.15, -0.1) is 0 Å². The van der Waals surface area contributed by atoms with Crippen LogP contribution in [0.3, 0.4) is 0 Å². The Hall–Kier alpha value is -3.02. The zero-order valence-corrected chi connectivity index (χ0v) is 12.6. The molecule has 0 aliphatic heterocycles. The number of aryl methyl sites for hydroxylation is 1. The van der Waals surface area contributed by atoms with Gasteiger partial charge in [0.2, 0.25) is 0 Å². The van der Waals surface area contributed by atoms with E-state index in [1.165, 1.54) is 0 Å². The molecule has 2 aromatic rings. The predicted octanol–water partition coefficient (Wildman–Crippen LogP) is 2.48. The maximum Gasteiger partial charge on any atom is 0.341 e. The molecule has 0 saturated heterocycles. The van der Waals surface area contributed by atoms with E-state index in [9.17, 15) is 9.59 Å². The number of aliphatic carboxylic acids is 1. The molecular weight excluding hydrogens is 298 g/mol. The van der Waals surface area contributed by atoms with Gasteiger partial charge in [-0.2, -0.15) is 0 Å². The second-order valence-corrected chi connectivity index (χ2v) is 4.86. The molecule has 0 aromatic heterocycles. The summed E-state index contributed by atoms with van der Waals surface area (Å²) in [5, 5.41) is 11.2. The lowest BCUT2D eigenvalue weighted by atomic mass is 10.2. The van der Waals surface area contributed by atoms with Crippen LogP contribution >= 0.6 is 0 Å². The summed E-state index contributed by atoms with van der Waals surface area (Å²) in [4.78, 5) is 22.2. The quantitative estimate of drug-likeness (QED) is 0.820. The van der Waals surface area contributed by atoms with E-state index >= 15 is 0 Å². The molecule has 0 atom stereocenters. The molecule has 0 spiro atoms. The first kappa shape index (κ1) is 16.4. The Morgan fingerprint density at radius 2 is 1.43 bits per heavy atom. The Bertz CT molecular complexity index is 664. The summed E-state index contributed by atoms with van der Waals surface area (Å²) in [5.41, 5.74) is 1.69. The smallest absolute Gasteiger partial charge is 0.341 e. The van der Waals surface area contributed by atoms with E-state index in [1.54, 1.807) is 36.4 Å². The Morgan fingerprint density at radius 1 is 0.913 bits per heavy atom. The van der Waals surface area contributed by atoms with Crippen molar-refractivity contribution >= 4 is 17.6 Å². The molecule has 1 amide bonds. The summed E-state index contributed by atoms with van der Waals surface area (Å²) in [6.07, 6.45) is 0. The number of hydrogen-bond acceptors (Lipinski definition) is 4. The molecule has 2 N–H and O–H groups in total. The van der Waals surface area contributed by atoms with Crippen molar-refractivity contribution in [1.29, 1.82) is 0 Å². The summed E-state index contributed by atoms with van der Waals surface area (Å²) in [7, 11) is 0. The number of ether oxygens (including phenoxy) is 2. The third kappa shape index (κ3) is 5.70. The third-order valence-electron chi connectivity index (χ3n) is 2.89. The van der Waals surface area contributed by atoms with Gasteiger partial charge >= 0.3 is 5.97 Å². The minimum absolute atomic E-state index is 0.0969.